The third kappa shape index (κ3) is 4.19. The normalized spacial score (nSPS) is 10.2. The van der Waals surface area contributed by atoms with Gasteiger partial charge in [-0.15, -0.1) is 0 Å². The molecular weight excluding hydrogens is 306 g/mol. The van der Waals surface area contributed by atoms with Gasteiger partial charge in [-0.05, 0) is 35.4 Å². The van der Waals surface area contributed by atoms with Gasteiger partial charge in [-0.25, -0.2) is 0 Å². The molecule has 2 aromatic rings. The van der Waals surface area contributed by atoms with E-state index in [1.165, 1.54) is 0 Å². The highest BCUT2D eigenvalue weighted by Gasteiger charge is 2.04. The third-order valence-electron chi connectivity index (χ3n) is 2.67. The van der Waals surface area contributed by atoms with Crippen molar-refractivity contribution in [2.75, 3.05) is 5.32 Å². The summed E-state index contributed by atoms with van der Waals surface area (Å²) < 4.78 is 0.993. The molecule has 1 amide bonds. The largest absolute Gasteiger partial charge is 0.392 e. The van der Waals surface area contributed by atoms with Crippen LogP contribution < -0.4 is 5.32 Å². The van der Waals surface area contributed by atoms with Gasteiger partial charge in [0.25, 0.3) is 0 Å². The lowest BCUT2D eigenvalue weighted by Gasteiger charge is -2.06. The van der Waals surface area contributed by atoms with Crippen LogP contribution in [0.2, 0.25) is 0 Å². The zero-order chi connectivity index (χ0) is 13.7. The minimum absolute atomic E-state index is 0.0313. The lowest BCUT2D eigenvalue weighted by Crippen LogP contribution is -2.14. The number of hydrogen-bond donors (Lipinski definition) is 2. The van der Waals surface area contributed by atoms with E-state index in [0.29, 0.717) is 12.1 Å². The average Bonchev–Trinajstić information content (AvgIpc) is 2.41. The SMILES string of the molecule is O=C(Cc1ccc(Br)cc1)Nc1cccc(CO)c1. The molecule has 0 saturated carbocycles. The third-order valence-corrected chi connectivity index (χ3v) is 3.20. The Morgan fingerprint density at radius 3 is 2.53 bits per heavy atom. The van der Waals surface area contributed by atoms with Crippen molar-refractivity contribution in [2.45, 2.75) is 13.0 Å². The van der Waals surface area contributed by atoms with Gasteiger partial charge in [-0.1, -0.05) is 40.2 Å². The molecule has 0 fully saturated rings. The molecule has 0 radical (unpaired) electrons. The van der Waals surface area contributed by atoms with Gasteiger partial charge in [-0.3, -0.25) is 4.79 Å². The van der Waals surface area contributed by atoms with Crippen molar-refractivity contribution in [3.05, 3.63) is 64.1 Å². The van der Waals surface area contributed by atoms with Crippen LogP contribution in [0.4, 0.5) is 5.69 Å². The first-order valence-corrected chi connectivity index (χ1v) is 6.71. The molecule has 0 heterocycles. The summed E-state index contributed by atoms with van der Waals surface area (Å²) in [7, 11) is 0. The van der Waals surface area contributed by atoms with E-state index >= 15 is 0 Å². The van der Waals surface area contributed by atoms with Crippen molar-refractivity contribution in [1.29, 1.82) is 0 Å². The Morgan fingerprint density at radius 2 is 1.84 bits per heavy atom. The quantitative estimate of drug-likeness (QED) is 0.909. The summed E-state index contributed by atoms with van der Waals surface area (Å²) in [5.74, 6) is -0.0718. The van der Waals surface area contributed by atoms with Gasteiger partial charge in [0.15, 0.2) is 0 Å². The first-order chi connectivity index (χ1) is 9.17. The van der Waals surface area contributed by atoms with Gasteiger partial charge in [0, 0.05) is 10.2 Å². The van der Waals surface area contributed by atoms with Crippen LogP contribution in [0.15, 0.2) is 53.0 Å². The monoisotopic (exact) mass is 319 g/mol. The summed E-state index contributed by atoms with van der Waals surface area (Å²) in [5.41, 5.74) is 2.44. The Kier molecular flexibility index (Phi) is 4.71. The van der Waals surface area contributed by atoms with E-state index in [1.807, 2.05) is 30.3 Å². The molecule has 98 valence electrons. The number of rotatable bonds is 4. The van der Waals surface area contributed by atoms with Gasteiger partial charge in [0.05, 0.1) is 13.0 Å². The number of aliphatic hydroxyl groups excluding tert-OH is 1. The van der Waals surface area contributed by atoms with Gasteiger partial charge in [0.2, 0.25) is 5.91 Å². The van der Waals surface area contributed by atoms with Crippen molar-refractivity contribution >= 4 is 27.5 Å². The highest BCUT2D eigenvalue weighted by atomic mass is 79.9. The van der Waals surface area contributed by atoms with E-state index in [0.717, 1.165) is 15.6 Å². The summed E-state index contributed by atoms with van der Waals surface area (Å²) in [6.45, 7) is -0.0313. The molecule has 4 heteroatoms. The molecule has 2 N–H and O–H groups in total. The Bertz CT molecular complexity index is 567. The van der Waals surface area contributed by atoms with Crippen molar-refractivity contribution in [1.82, 2.24) is 0 Å². The number of carbonyl (C=O) groups is 1. The van der Waals surface area contributed by atoms with Crippen LogP contribution in [0.3, 0.4) is 0 Å². The Labute approximate surface area is 120 Å². The molecule has 0 bridgehead atoms. The van der Waals surface area contributed by atoms with Crippen molar-refractivity contribution in [3.63, 3.8) is 0 Å². The van der Waals surface area contributed by atoms with Crippen molar-refractivity contribution in [3.8, 4) is 0 Å². The fraction of sp³-hybridized carbons (Fsp3) is 0.133. The Hall–Kier alpha value is -1.65. The van der Waals surface area contributed by atoms with Crippen LogP contribution in [0.25, 0.3) is 0 Å². The van der Waals surface area contributed by atoms with Crippen molar-refractivity contribution < 1.29 is 9.90 Å². The molecule has 0 aliphatic carbocycles. The number of carbonyl (C=O) groups excluding carboxylic acids is 1. The van der Waals surface area contributed by atoms with Crippen molar-refractivity contribution in [2.24, 2.45) is 0 Å². The Balaban J connectivity index is 1.99. The average molecular weight is 320 g/mol. The summed E-state index contributed by atoms with van der Waals surface area (Å²) in [4.78, 5) is 11.9. The number of amides is 1. The maximum atomic E-state index is 11.9. The molecule has 2 aromatic carbocycles. The zero-order valence-electron chi connectivity index (χ0n) is 10.3. The topological polar surface area (TPSA) is 49.3 Å². The smallest absolute Gasteiger partial charge is 0.228 e. The number of aliphatic hydroxyl groups is 1. The molecule has 0 aliphatic rings. The van der Waals surface area contributed by atoms with E-state index in [-0.39, 0.29) is 12.5 Å². The first kappa shape index (κ1) is 13.8. The fourth-order valence-electron chi connectivity index (χ4n) is 1.74. The number of halogens is 1. The minimum Gasteiger partial charge on any atom is -0.392 e. The molecule has 2 rings (SSSR count). The van der Waals surface area contributed by atoms with Gasteiger partial charge < -0.3 is 10.4 Å². The lowest BCUT2D eigenvalue weighted by molar-refractivity contribution is -0.115. The maximum Gasteiger partial charge on any atom is 0.228 e. The fourth-order valence-corrected chi connectivity index (χ4v) is 2.00. The standard InChI is InChI=1S/C15H14BrNO2/c16-13-6-4-11(5-7-13)9-15(19)17-14-3-1-2-12(8-14)10-18/h1-8,18H,9-10H2,(H,17,19). The highest BCUT2D eigenvalue weighted by molar-refractivity contribution is 9.10. The number of anilines is 1. The predicted octanol–water partition coefficient (Wildman–Crippen LogP) is 3.12. The van der Waals surface area contributed by atoms with Crippen LogP contribution in [-0.2, 0) is 17.8 Å². The second kappa shape index (κ2) is 6.50. The van der Waals surface area contributed by atoms with Crippen LogP contribution in [0.5, 0.6) is 0 Å². The Morgan fingerprint density at radius 1 is 1.11 bits per heavy atom. The van der Waals surface area contributed by atoms with Crippen LogP contribution in [0.1, 0.15) is 11.1 Å². The van der Waals surface area contributed by atoms with E-state index in [1.54, 1.807) is 18.2 Å². The van der Waals surface area contributed by atoms with E-state index < -0.39 is 0 Å². The maximum absolute atomic E-state index is 11.9. The molecular formula is C15H14BrNO2. The predicted molar refractivity (Wildman–Crippen MR) is 78.8 cm³/mol. The molecule has 0 saturated heterocycles. The first-order valence-electron chi connectivity index (χ1n) is 5.91. The van der Waals surface area contributed by atoms with E-state index in [9.17, 15) is 4.79 Å². The molecule has 0 aromatic heterocycles. The minimum atomic E-state index is -0.0718. The molecule has 19 heavy (non-hydrogen) atoms. The van der Waals surface area contributed by atoms with Gasteiger partial charge in [0.1, 0.15) is 0 Å². The summed E-state index contributed by atoms with van der Waals surface area (Å²) in [6, 6.07) is 14.8. The zero-order valence-corrected chi connectivity index (χ0v) is 11.9. The number of benzene rings is 2. The summed E-state index contributed by atoms with van der Waals surface area (Å²) in [6.07, 6.45) is 0.330. The molecule has 0 aliphatic heterocycles. The van der Waals surface area contributed by atoms with E-state index in [2.05, 4.69) is 21.2 Å². The molecule has 3 nitrogen and oxygen atoms in total. The molecule has 0 spiro atoms. The molecule has 0 atom stereocenters. The van der Waals surface area contributed by atoms with Gasteiger partial charge >= 0.3 is 0 Å². The summed E-state index contributed by atoms with van der Waals surface area (Å²) in [5, 5.41) is 11.9. The second-order valence-electron chi connectivity index (χ2n) is 4.21. The number of nitrogens with one attached hydrogen (secondary N) is 1. The highest BCUT2D eigenvalue weighted by Crippen LogP contribution is 2.13. The number of hydrogen-bond acceptors (Lipinski definition) is 2. The second-order valence-corrected chi connectivity index (χ2v) is 5.13. The lowest BCUT2D eigenvalue weighted by atomic mass is 10.1. The van der Waals surface area contributed by atoms with Crippen LogP contribution in [0, 0.1) is 0 Å². The van der Waals surface area contributed by atoms with Crippen LogP contribution >= 0.6 is 15.9 Å². The van der Waals surface area contributed by atoms with Crippen LogP contribution in [-0.4, -0.2) is 11.0 Å². The molecule has 0 unspecified atom stereocenters. The summed E-state index contributed by atoms with van der Waals surface area (Å²) >= 11 is 3.36. The van der Waals surface area contributed by atoms with Gasteiger partial charge in [-0.2, -0.15) is 0 Å². The van der Waals surface area contributed by atoms with E-state index in [4.69, 9.17) is 5.11 Å².